The summed E-state index contributed by atoms with van der Waals surface area (Å²) in [4.78, 5) is 37.7. The number of hydrogen-bond acceptors (Lipinski definition) is 6. The van der Waals surface area contributed by atoms with Crippen LogP contribution in [0.1, 0.15) is 272 Å². The molecule has 0 aromatic rings. The molecule has 326 valence electrons. The van der Waals surface area contributed by atoms with Gasteiger partial charge in [0.05, 0.1) is 0 Å². The third-order valence-electron chi connectivity index (χ3n) is 11.4. The minimum Gasteiger partial charge on any atom is -0.462 e. The number of hydrogen-bond donors (Lipinski definition) is 0. The lowest BCUT2D eigenvalue weighted by Gasteiger charge is -2.18. The summed E-state index contributed by atoms with van der Waals surface area (Å²) >= 11 is 0. The Labute approximate surface area is 342 Å². The Morgan fingerprint density at radius 3 is 0.945 bits per heavy atom. The lowest BCUT2D eigenvalue weighted by atomic mass is 9.99. The highest BCUT2D eigenvalue weighted by Gasteiger charge is 2.19. The topological polar surface area (TPSA) is 78.9 Å². The molecule has 0 heterocycles. The van der Waals surface area contributed by atoms with Crippen molar-refractivity contribution in [3.8, 4) is 0 Å². The zero-order valence-corrected chi connectivity index (χ0v) is 37.4. The van der Waals surface area contributed by atoms with Crippen LogP contribution in [0.2, 0.25) is 0 Å². The summed E-state index contributed by atoms with van der Waals surface area (Å²) in [5.74, 6) is -0.00961. The minimum absolute atomic E-state index is 0.0644. The smallest absolute Gasteiger partial charge is 0.306 e. The van der Waals surface area contributed by atoms with Crippen molar-refractivity contribution in [1.29, 1.82) is 0 Å². The van der Waals surface area contributed by atoms with Gasteiger partial charge < -0.3 is 14.2 Å². The lowest BCUT2D eigenvalue weighted by molar-refractivity contribution is -0.167. The molecule has 0 aromatic carbocycles. The van der Waals surface area contributed by atoms with Crippen molar-refractivity contribution < 1.29 is 28.6 Å². The van der Waals surface area contributed by atoms with Crippen molar-refractivity contribution in [3.63, 3.8) is 0 Å². The summed E-state index contributed by atoms with van der Waals surface area (Å²) in [6, 6.07) is 0. The second kappa shape index (κ2) is 43.5. The quantitative estimate of drug-likeness (QED) is 0.0348. The Bertz CT molecular complexity index is 828. The summed E-state index contributed by atoms with van der Waals surface area (Å²) in [5.41, 5.74) is 0. The predicted octanol–water partition coefficient (Wildman–Crippen LogP) is 15.5. The summed E-state index contributed by atoms with van der Waals surface area (Å²) in [6.07, 6.45) is 43.8. The van der Waals surface area contributed by atoms with E-state index in [9.17, 15) is 14.4 Å². The van der Waals surface area contributed by atoms with Gasteiger partial charge in [-0.3, -0.25) is 14.4 Å². The van der Waals surface area contributed by atoms with Crippen LogP contribution in [0.15, 0.2) is 0 Å². The summed E-state index contributed by atoms with van der Waals surface area (Å²) in [7, 11) is 0. The molecule has 0 aliphatic carbocycles. The van der Waals surface area contributed by atoms with Crippen molar-refractivity contribution in [3.05, 3.63) is 0 Å². The van der Waals surface area contributed by atoms with Crippen molar-refractivity contribution in [2.45, 2.75) is 278 Å². The molecule has 0 spiro atoms. The molecule has 6 heteroatoms. The van der Waals surface area contributed by atoms with E-state index in [1.54, 1.807) is 0 Å². The summed E-state index contributed by atoms with van der Waals surface area (Å²) in [6.45, 7) is 8.98. The second-order valence-corrected chi connectivity index (χ2v) is 17.0. The Hall–Kier alpha value is -1.59. The van der Waals surface area contributed by atoms with Crippen molar-refractivity contribution >= 4 is 17.9 Å². The average Bonchev–Trinajstić information content (AvgIpc) is 3.18. The Morgan fingerprint density at radius 1 is 0.364 bits per heavy atom. The molecular formula is C49H94O6. The molecule has 0 amide bonds. The average molecular weight is 779 g/mol. The first-order valence-electron chi connectivity index (χ1n) is 24.4. The number of rotatable bonds is 44. The van der Waals surface area contributed by atoms with Gasteiger partial charge in [-0.05, 0) is 25.2 Å². The molecule has 0 N–H and O–H groups in total. The first-order chi connectivity index (χ1) is 26.9. The molecular weight excluding hydrogens is 685 g/mol. The highest BCUT2D eigenvalue weighted by atomic mass is 16.6. The Balaban J connectivity index is 4.21. The van der Waals surface area contributed by atoms with E-state index >= 15 is 0 Å². The fourth-order valence-electron chi connectivity index (χ4n) is 7.30. The maximum absolute atomic E-state index is 12.7. The van der Waals surface area contributed by atoms with Crippen LogP contribution >= 0.6 is 0 Å². The molecule has 0 aliphatic rings. The zero-order chi connectivity index (χ0) is 40.3. The van der Waals surface area contributed by atoms with Gasteiger partial charge in [-0.1, -0.05) is 233 Å². The maximum atomic E-state index is 12.7. The van der Waals surface area contributed by atoms with E-state index in [0.29, 0.717) is 19.3 Å². The van der Waals surface area contributed by atoms with Crippen LogP contribution in [0.3, 0.4) is 0 Å². The molecule has 6 nitrogen and oxygen atoms in total. The highest BCUT2D eigenvalue weighted by Crippen LogP contribution is 2.17. The van der Waals surface area contributed by atoms with Gasteiger partial charge in [-0.25, -0.2) is 0 Å². The second-order valence-electron chi connectivity index (χ2n) is 17.0. The van der Waals surface area contributed by atoms with E-state index in [2.05, 4.69) is 27.7 Å². The third-order valence-corrected chi connectivity index (χ3v) is 11.4. The van der Waals surface area contributed by atoms with Crippen molar-refractivity contribution in [2.24, 2.45) is 5.92 Å². The van der Waals surface area contributed by atoms with Gasteiger partial charge in [-0.2, -0.15) is 0 Å². The SMILES string of the molecule is CCCCCCCCCCCCCCCCCCCCC(=O)O[C@@H](COC(=O)CCCCCCCCC)COC(=O)CCCCCCCCCCC(C)CC. The van der Waals surface area contributed by atoms with Crippen LogP contribution in [-0.2, 0) is 28.6 Å². The molecule has 0 radical (unpaired) electrons. The van der Waals surface area contributed by atoms with Crippen LogP contribution in [-0.4, -0.2) is 37.2 Å². The normalized spacial score (nSPS) is 12.4. The molecule has 0 fully saturated rings. The number of carbonyl (C=O) groups excluding carboxylic acids is 3. The van der Waals surface area contributed by atoms with Crippen LogP contribution in [0.4, 0.5) is 0 Å². The van der Waals surface area contributed by atoms with Gasteiger partial charge in [-0.15, -0.1) is 0 Å². The van der Waals surface area contributed by atoms with E-state index in [4.69, 9.17) is 14.2 Å². The molecule has 0 saturated heterocycles. The number of ether oxygens (including phenoxy) is 3. The first-order valence-corrected chi connectivity index (χ1v) is 24.4. The van der Waals surface area contributed by atoms with Gasteiger partial charge in [0.15, 0.2) is 6.10 Å². The molecule has 55 heavy (non-hydrogen) atoms. The van der Waals surface area contributed by atoms with Gasteiger partial charge in [0.1, 0.15) is 13.2 Å². The van der Waals surface area contributed by atoms with Gasteiger partial charge in [0.25, 0.3) is 0 Å². The molecule has 1 unspecified atom stereocenters. The van der Waals surface area contributed by atoms with Crippen LogP contribution in [0.5, 0.6) is 0 Å². The fraction of sp³-hybridized carbons (Fsp3) is 0.939. The van der Waals surface area contributed by atoms with Gasteiger partial charge >= 0.3 is 17.9 Å². The van der Waals surface area contributed by atoms with E-state index in [0.717, 1.165) is 63.7 Å². The summed E-state index contributed by atoms with van der Waals surface area (Å²) < 4.78 is 16.7. The predicted molar refractivity (Wildman–Crippen MR) is 233 cm³/mol. The van der Waals surface area contributed by atoms with E-state index in [1.165, 1.54) is 167 Å². The van der Waals surface area contributed by atoms with E-state index < -0.39 is 6.10 Å². The van der Waals surface area contributed by atoms with E-state index in [-0.39, 0.29) is 31.1 Å². The van der Waals surface area contributed by atoms with Gasteiger partial charge in [0, 0.05) is 19.3 Å². The maximum Gasteiger partial charge on any atom is 0.306 e. The van der Waals surface area contributed by atoms with E-state index in [1.807, 2.05) is 0 Å². The van der Waals surface area contributed by atoms with Crippen LogP contribution in [0.25, 0.3) is 0 Å². The zero-order valence-electron chi connectivity index (χ0n) is 37.4. The Morgan fingerprint density at radius 2 is 0.636 bits per heavy atom. The van der Waals surface area contributed by atoms with Gasteiger partial charge in [0.2, 0.25) is 0 Å². The monoisotopic (exact) mass is 779 g/mol. The fourth-order valence-corrected chi connectivity index (χ4v) is 7.30. The molecule has 0 rings (SSSR count). The molecule has 0 saturated carbocycles. The number of unbranched alkanes of at least 4 members (excludes halogenated alkanes) is 30. The third kappa shape index (κ3) is 41.9. The largest absolute Gasteiger partial charge is 0.462 e. The molecule has 2 atom stereocenters. The first kappa shape index (κ1) is 53.4. The van der Waals surface area contributed by atoms with Crippen molar-refractivity contribution in [1.82, 2.24) is 0 Å². The number of carbonyl (C=O) groups is 3. The Kier molecular flexibility index (Phi) is 42.3. The molecule has 0 aliphatic heterocycles. The van der Waals surface area contributed by atoms with Crippen LogP contribution in [0, 0.1) is 5.92 Å². The summed E-state index contributed by atoms with van der Waals surface area (Å²) in [5, 5.41) is 0. The standard InChI is InChI=1S/C49H94O6/c1-5-8-10-12-14-15-16-17-18-19-20-21-22-23-24-30-34-38-42-49(52)55-46(43-53-47(50)40-36-32-27-13-11-9-6-2)44-54-48(51)41-37-33-29-26-25-28-31-35-39-45(4)7-3/h45-46H,5-44H2,1-4H3/t45?,46-/m0/s1. The van der Waals surface area contributed by atoms with Crippen molar-refractivity contribution in [2.75, 3.05) is 13.2 Å². The molecule has 0 bridgehead atoms. The molecule has 0 aromatic heterocycles. The highest BCUT2D eigenvalue weighted by molar-refractivity contribution is 5.71. The minimum atomic E-state index is -0.759. The lowest BCUT2D eigenvalue weighted by Crippen LogP contribution is -2.30. The van der Waals surface area contributed by atoms with Crippen LogP contribution < -0.4 is 0 Å². The number of esters is 3.